The number of aromatic nitrogens is 2. The highest BCUT2D eigenvalue weighted by Gasteiger charge is 2.11. The number of anilines is 4. The van der Waals surface area contributed by atoms with Crippen LogP contribution in [0.2, 0.25) is 0 Å². The quantitative estimate of drug-likeness (QED) is 0.625. The van der Waals surface area contributed by atoms with Gasteiger partial charge in [-0.25, -0.2) is 14.8 Å². The molecule has 1 aromatic heterocycles. The highest BCUT2D eigenvalue weighted by atomic mass is 16.4. The van der Waals surface area contributed by atoms with Gasteiger partial charge in [-0.15, -0.1) is 0 Å². The van der Waals surface area contributed by atoms with E-state index in [4.69, 9.17) is 0 Å². The number of aromatic carboxylic acids is 1. The number of aryl methyl sites for hydroxylation is 3. The smallest absolute Gasteiger partial charge is 0.337 e. The number of carbonyl (C=O) groups is 1. The van der Waals surface area contributed by atoms with Gasteiger partial charge in [0.2, 0.25) is 0 Å². The molecule has 3 rings (SSSR count). The standard InChI is InChI=1S/C20H20N4O2/c1-12-8-9-16(13(2)10-12)23-18-11-19(22-14(3)21-18)24-17-7-5-4-6-15(17)20(25)26/h4-11H,1-3H3,(H,25,26)(H2,21,22,23,24). The molecule has 0 unspecified atom stereocenters. The van der Waals surface area contributed by atoms with Crippen molar-refractivity contribution in [2.24, 2.45) is 0 Å². The summed E-state index contributed by atoms with van der Waals surface area (Å²) in [4.78, 5) is 20.1. The molecule has 0 amide bonds. The third-order valence-electron chi connectivity index (χ3n) is 3.90. The van der Waals surface area contributed by atoms with Gasteiger partial charge in [-0.3, -0.25) is 0 Å². The minimum absolute atomic E-state index is 0.188. The monoisotopic (exact) mass is 348 g/mol. The number of carboxylic acid groups (broad SMARTS) is 1. The Morgan fingerprint density at radius 3 is 2.19 bits per heavy atom. The van der Waals surface area contributed by atoms with E-state index >= 15 is 0 Å². The largest absolute Gasteiger partial charge is 0.478 e. The molecule has 3 N–H and O–H groups in total. The summed E-state index contributed by atoms with van der Waals surface area (Å²) in [6.45, 7) is 5.88. The number of para-hydroxylation sites is 1. The Morgan fingerprint density at radius 1 is 0.885 bits per heavy atom. The van der Waals surface area contributed by atoms with E-state index in [0.717, 1.165) is 11.3 Å². The van der Waals surface area contributed by atoms with Crippen LogP contribution in [0.4, 0.5) is 23.0 Å². The zero-order valence-electron chi connectivity index (χ0n) is 14.9. The Kier molecular flexibility index (Phi) is 4.84. The summed E-state index contributed by atoms with van der Waals surface area (Å²) >= 11 is 0. The molecule has 3 aromatic rings. The molecular formula is C20H20N4O2. The normalized spacial score (nSPS) is 10.4. The van der Waals surface area contributed by atoms with Gasteiger partial charge in [0, 0.05) is 11.8 Å². The molecule has 0 aliphatic heterocycles. The van der Waals surface area contributed by atoms with Gasteiger partial charge in [-0.2, -0.15) is 0 Å². The Hall–Kier alpha value is -3.41. The molecule has 0 radical (unpaired) electrons. The molecule has 0 atom stereocenters. The van der Waals surface area contributed by atoms with Gasteiger partial charge in [0.05, 0.1) is 11.3 Å². The molecular weight excluding hydrogens is 328 g/mol. The molecule has 0 saturated heterocycles. The van der Waals surface area contributed by atoms with E-state index in [1.54, 1.807) is 37.3 Å². The van der Waals surface area contributed by atoms with Crippen molar-refractivity contribution >= 4 is 29.0 Å². The summed E-state index contributed by atoms with van der Waals surface area (Å²) in [5.74, 6) is 0.751. The average molecular weight is 348 g/mol. The third-order valence-corrected chi connectivity index (χ3v) is 3.90. The molecule has 1 heterocycles. The lowest BCUT2D eigenvalue weighted by Crippen LogP contribution is -2.05. The minimum Gasteiger partial charge on any atom is -0.478 e. The lowest BCUT2D eigenvalue weighted by molar-refractivity contribution is 0.0698. The fourth-order valence-electron chi connectivity index (χ4n) is 2.70. The van der Waals surface area contributed by atoms with Gasteiger partial charge in [-0.1, -0.05) is 29.8 Å². The lowest BCUT2D eigenvalue weighted by Gasteiger charge is -2.13. The maximum atomic E-state index is 11.4. The molecule has 0 aliphatic rings. The predicted molar refractivity (Wildman–Crippen MR) is 103 cm³/mol. The minimum atomic E-state index is -0.993. The number of rotatable bonds is 5. The van der Waals surface area contributed by atoms with Crippen molar-refractivity contribution in [3.8, 4) is 0 Å². The Bertz CT molecular complexity index is 970. The first kappa shape index (κ1) is 17.4. The van der Waals surface area contributed by atoms with Crippen LogP contribution in [0.3, 0.4) is 0 Å². The first-order valence-electron chi connectivity index (χ1n) is 8.21. The molecule has 132 valence electrons. The van der Waals surface area contributed by atoms with Crippen molar-refractivity contribution < 1.29 is 9.90 Å². The first-order chi connectivity index (χ1) is 12.4. The molecule has 0 bridgehead atoms. The maximum absolute atomic E-state index is 11.4. The van der Waals surface area contributed by atoms with E-state index in [9.17, 15) is 9.90 Å². The second-order valence-corrected chi connectivity index (χ2v) is 6.10. The van der Waals surface area contributed by atoms with Crippen LogP contribution in [0, 0.1) is 20.8 Å². The van der Waals surface area contributed by atoms with Crippen molar-refractivity contribution in [1.82, 2.24) is 9.97 Å². The van der Waals surface area contributed by atoms with Gasteiger partial charge in [0.1, 0.15) is 17.5 Å². The zero-order valence-corrected chi connectivity index (χ0v) is 14.9. The van der Waals surface area contributed by atoms with Gasteiger partial charge >= 0.3 is 5.97 Å². The van der Waals surface area contributed by atoms with Crippen LogP contribution in [0.5, 0.6) is 0 Å². The third kappa shape index (κ3) is 3.97. The first-order valence-corrected chi connectivity index (χ1v) is 8.21. The summed E-state index contributed by atoms with van der Waals surface area (Å²) in [6.07, 6.45) is 0. The fourth-order valence-corrected chi connectivity index (χ4v) is 2.70. The van der Waals surface area contributed by atoms with Gasteiger partial charge < -0.3 is 15.7 Å². The molecule has 0 saturated carbocycles. The molecule has 0 spiro atoms. The summed E-state index contributed by atoms with van der Waals surface area (Å²) < 4.78 is 0. The maximum Gasteiger partial charge on any atom is 0.337 e. The highest BCUT2D eigenvalue weighted by Crippen LogP contribution is 2.24. The van der Waals surface area contributed by atoms with Crippen molar-refractivity contribution in [3.05, 3.63) is 71.0 Å². The SMILES string of the molecule is Cc1ccc(Nc2cc(Nc3ccccc3C(=O)O)nc(C)n2)c(C)c1. The van der Waals surface area contributed by atoms with Crippen LogP contribution < -0.4 is 10.6 Å². The number of hydrogen-bond acceptors (Lipinski definition) is 5. The number of benzene rings is 2. The van der Waals surface area contributed by atoms with Crippen LogP contribution >= 0.6 is 0 Å². The topological polar surface area (TPSA) is 87.1 Å². The van der Waals surface area contributed by atoms with E-state index < -0.39 is 5.97 Å². The van der Waals surface area contributed by atoms with Crippen molar-refractivity contribution in [2.45, 2.75) is 20.8 Å². The number of hydrogen-bond donors (Lipinski definition) is 3. The van der Waals surface area contributed by atoms with Crippen LogP contribution in [-0.2, 0) is 0 Å². The Morgan fingerprint density at radius 2 is 1.54 bits per heavy atom. The molecule has 0 aliphatic carbocycles. The average Bonchev–Trinajstić information content (AvgIpc) is 2.57. The van der Waals surface area contributed by atoms with E-state index in [0.29, 0.717) is 23.1 Å². The van der Waals surface area contributed by atoms with Crippen LogP contribution in [0.15, 0.2) is 48.5 Å². The van der Waals surface area contributed by atoms with Crippen LogP contribution in [0.25, 0.3) is 0 Å². The fraction of sp³-hybridized carbons (Fsp3) is 0.150. The Labute approximate surface area is 152 Å². The van der Waals surface area contributed by atoms with Gasteiger partial charge in [0.25, 0.3) is 0 Å². The number of nitrogens with one attached hydrogen (secondary N) is 2. The molecule has 6 nitrogen and oxygen atoms in total. The summed E-state index contributed by atoms with van der Waals surface area (Å²) in [6, 6.07) is 14.6. The molecule has 26 heavy (non-hydrogen) atoms. The molecule has 2 aromatic carbocycles. The highest BCUT2D eigenvalue weighted by molar-refractivity contribution is 5.95. The van der Waals surface area contributed by atoms with Crippen molar-refractivity contribution in [2.75, 3.05) is 10.6 Å². The predicted octanol–water partition coefficient (Wildman–Crippen LogP) is 4.59. The second kappa shape index (κ2) is 7.23. The van der Waals surface area contributed by atoms with Crippen molar-refractivity contribution in [1.29, 1.82) is 0 Å². The van der Waals surface area contributed by atoms with Gasteiger partial charge in [-0.05, 0) is 44.5 Å². The van der Waals surface area contributed by atoms with Gasteiger partial charge in [0.15, 0.2) is 0 Å². The summed E-state index contributed by atoms with van der Waals surface area (Å²) in [7, 11) is 0. The lowest BCUT2D eigenvalue weighted by atomic mass is 10.1. The molecule has 0 fully saturated rings. The van der Waals surface area contributed by atoms with E-state index in [1.165, 1.54) is 5.56 Å². The second-order valence-electron chi connectivity index (χ2n) is 6.10. The summed E-state index contributed by atoms with van der Waals surface area (Å²) in [5, 5.41) is 15.7. The van der Waals surface area contributed by atoms with Crippen molar-refractivity contribution in [3.63, 3.8) is 0 Å². The van der Waals surface area contributed by atoms with E-state index in [1.807, 2.05) is 26.0 Å². The van der Waals surface area contributed by atoms with Crippen LogP contribution in [-0.4, -0.2) is 21.0 Å². The van der Waals surface area contributed by atoms with Crippen LogP contribution in [0.1, 0.15) is 27.3 Å². The van der Waals surface area contributed by atoms with E-state index in [-0.39, 0.29) is 5.56 Å². The number of carboxylic acids is 1. The zero-order chi connectivity index (χ0) is 18.7. The Balaban J connectivity index is 1.90. The summed E-state index contributed by atoms with van der Waals surface area (Å²) in [5.41, 5.74) is 3.94. The van der Waals surface area contributed by atoms with E-state index in [2.05, 4.69) is 26.7 Å². The number of nitrogens with zero attached hydrogens (tertiary/aromatic N) is 2. The molecule has 6 heteroatoms.